The van der Waals surface area contributed by atoms with Gasteiger partial charge in [-0.25, -0.2) is 0 Å². The van der Waals surface area contributed by atoms with Gasteiger partial charge in [0.2, 0.25) is 0 Å². The Morgan fingerprint density at radius 1 is 0.900 bits per heavy atom. The van der Waals surface area contributed by atoms with Gasteiger partial charge in [-0.3, -0.25) is 0 Å². The van der Waals surface area contributed by atoms with Crippen LogP contribution in [0.5, 0.6) is 0 Å². The number of hydrogen-bond acceptors (Lipinski definition) is 3. The summed E-state index contributed by atoms with van der Waals surface area (Å²) < 4.78 is 5.68. The van der Waals surface area contributed by atoms with Crippen molar-refractivity contribution in [3.63, 3.8) is 0 Å². The second-order valence-electron chi connectivity index (χ2n) is 7.63. The fourth-order valence-corrected chi connectivity index (χ4v) is 3.79. The molecule has 0 saturated carbocycles. The minimum Gasteiger partial charge on any atom is -0.378 e. The van der Waals surface area contributed by atoms with Crippen LogP contribution in [0.1, 0.15) is 24.6 Å². The smallest absolute Gasteiger partial charge is 0.190 e. The van der Waals surface area contributed by atoms with Gasteiger partial charge in [-0.15, -0.1) is 0 Å². The Labute approximate surface area is 182 Å². The number of aromatic nitrogens is 1. The number of benzene rings is 3. The lowest BCUT2D eigenvalue weighted by atomic mass is 10.0. The molecule has 0 aliphatic carbocycles. The summed E-state index contributed by atoms with van der Waals surface area (Å²) in [5, 5.41) is 8.58. The number of hydrogen-bond donors (Lipinski definition) is 1. The van der Waals surface area contributed by atoms with Crippen LogP contribution in [0.3, 0.4) is 0 Å². The van der Waals surface area contributed by atoms with Gasteiger partial charge in [0.25, 0.3) is 0 Å². The molecule has 0 saturated heterocycles. The highest BCUT2D eigenvalue weighted by Gasteiger charge is 2.17. The topological polar surface area (TPSA) is 38.1 Å². The molecule has 0 radical (unpaired) electrons. The lowest BCUT2D eigenvalue weighted by Crippen LogP contribution is -2.16. The van der Waals surface area contributed by atoms with Crippen molar-refractivity contribution in [3.8, 4) is 22.5 Å². The summed E-state index contributed by atoms with van der Waals surface area (Å²) in [6, 6.07) is 27.1. The van der Waals surface area contributed by atoms with Crippen LogP contribution in [-0.2, 0) is 6.42 Å². The first-order chi connectivity index (χ1) is 14.6. The van der Waals surface area contributed by atoms with Crippen molar-refractivity contribution < 1.29 is 4.52 Å². The van der Waals surface area contributed by atoms with Crippen LogP contribution in [0.4, 0.5) is 5.69 Å². The second-order valence-corrected chi connectivity index (χ2v) is 8.07. The van der Waals surface area contributed by atoms with E-state index in [1.165, 1.54) is 16.7 Å². The molecule has 0 fully saturated rings. The van der Waals surface area contributed by atoms with Crippen LogP contribution in [0.25, 0.3) is 22.5 Å². The molecule has 3 nitrogen and oxygen atoms in total. The summed E-state index contributed by atoms with van der Waals surface area (Å²) >= 11 is 6.10. The first kappa shape index (κ1) is 20.2. The second kappa shape index (κ2) is 9.19. The molecule has 4 rings (SSSR count). The number of anilines is 1. The predicted octanol–water partition coefficient (Wildman–Crippen LogP) is 7.40. The van der Waals surface area contributed by atoms with E-state index < -0.39 is 0 Å². The van der Waals surface area contributed by atoms with Crippen molar-refractivity contribution >= 4 is 17.3 Å². The lowest BCUT2D eigenvalue weighted by Gasteiger charge is -2.15. The fourth-order valence-electron chi connectivity index (χ4n) is 3.58. The molecule has 1 atom stereocenters. The zero-order valence-electron chi connectivity index (χ0n) is 17.2. The number of halogens is 1. The molecule has 0 aliphatic rings. The van der Waals surface area contributed by atoms with Crippen molar-refractivity contribution in [2.45, 2.75) is 32.7 Å². The Balaban J connectivity index is 1.47. The molecule has 3 aromatic carbocycles. The maximum Gasteiger partial charge on any atom is 0.190 e. The van der Waals surface area contributed by atoms with E-state index in [1.54, 1.807) is 0 Å². The van der Waals surface area contributed by atoms with Crippen molar-refractivity contribution in [1.82, 2.24) is 5.16 Å². The standard InChI is InChI=1S/C26H25ClN2O/c1-18(11-12-20-7-6-10-24(27)17-20)28-25-19(2)29-30-26(25)23-15-13-22(14-16-23)21-8-4-3-5-9-21/h3-10,13-18,28H,11-12H2,1-2H3/t18-/m0/s1. The highest BCUT2D eigenvalue weighted by Crippen LogP contribution is 2.33. The van der Waals surface area contributed by atoms with E-state index in [-0.39, 0.29) is 6.04 Å². The molecule has 4 aromatic rings. The highest BCUT2D eigenvalue weighted by molar-refractivity contribution is 6.30. The highest BCUT2D eigenvalue weighted by atomic mass is 35.5. The molecule has 1 aromatic heterocycles. The van der Waals surface area contributed by atoms with Crippen LogP contribution in [0.2, 0.25) is 5.02 Å². The van der Waals surface area contributed by atoms with Crippen molar-refractivity contribution in [2.24, 2.45) is 0 Å². The molecule has 0 bridgehead atoms. The first-order valence-corrected chi connectivity index (χ1v) is 10.6. The normalized spacial score (nSPS) is 12.0. The molecule has 0 unspecified atom stereocenters. The maximum absolute atomic E-state index is 6.10. The number of aryl methyl sites for hydroxylation is 2. The zero-order chi connectivity index (χ0) is 20.9. The molecule has 152 valence electrons. The van der Waals surface area contributed by atoms with Crippen LogP contribution in [0, 0.1) is 6.92 Å². The number of nitrogens with one attached hydrogen (secondary N) is 1. The van der Waals surface area contributed by atoms with Crippen LogP contribution < -0.4 is 5.32 Å². The quantitative estimate of drug-likeness (QED) is 0.341. The van der Waals surface area contributed by atoms with Gasteiger partial charge in [-0.1, -0.05) is 83.5 Å². The van der Waals surface area contributed by atoms with Crippen LogP contribution in [-0.4, -0.2) is 11.2 Å². The van der Waals surface area contributed by atoms with Crippen LogP contribution >= 0.6 is 11.6 Å². The Bertz CT molecular complexity index is 1100. The summed E-state index contributed by atoms with van der Waals surface area (Å²) in [6.45, 7) is 4.15. The number of rotatable bonds is 7. The Morgan fingerprint density at radius 3 is 2.33 bits per heavy atom. The Kier molecular flexibility index (Phi) is 6.20. The SMILES string of the molecule is Cc1noc(-c2ccc(-c3ccccc3)cc2)c1N[C@@H](C)CCc1cccc(Cl)c1. The van der Waals surface area contributed by atoms with Gasteiger partial charge in [0.15, 0.2) is 5.76 Å². The minimum atomic E-state index is 0.268. The van der Waals surface area contributed by atoms with E-state index in [1.807, 2.05) is 31.2 Å². The van der Waals surface area contributed by atoms with Gasteiger partial charge < -0.3 is 9.84 Å². The summed E-state index contributed by atoms with van der Waals surface area (Å²) in [7, 11) is 0. The average Bonchev–Trinajstić information content (AvgIpc) is 3.13. The average molecular weight is 417 g/mol. The van der Waals surface area contributed by atoms with Gasteiger partial charge in [0.1, 0.15) is 11.4 Å². The molecule has 4 heteroatoms. The first-order valence-electron chi connectivity index (χ1n) is 10.2. The van der Waals surface area contributed by atoms with Crippen LogP contribution in [0.15, 0.2) is 83.4 Å². The van der Waals surface area contributed by atoms with Gasteiger partial charge in [-0.05, 0) is 55.5 Å². The van der Waals surface area contributed by atoms with E-state index >= 15 is 0 Å². The molecule has 0 amide bonds. The minimum absolute atomic E-state index is 0.268. The van der Waals surface area contributed by atoms with E-state index in [0.717, 1.165) is 40.6 Å². The third-order valence-electron chi connectivity index (χ3n) is 5.26. The van der Waals surface area contributed by atoms with E-state index in [0.29, 0.717) is 0 Å². The summed E-state index contributed by atoms with van der Waals surface area (Å²) in [5.41, 5.74) is 6.47. The zero-order valence-corrected chi connectivity index (χ0v) is 18.0. The molecular weight excluding hydrogens is 392 g/mol. The van der Waals surface area contributed by atoms with Gasteiger partial charge in [-0.2, -0.15) is 0 Å². The predicted molar refractivity (Wildman–Crippen MR) is 125 cm³/mol. The monoisotopic (exact) mass is 416 g/mol. The van der Waals surface area contributed by atoms with Crippen molar-refractivity contribution in [1.29, 1.82) is 0 Å². The molecule has 0 aliphatic heterocycles. The number of nitrogens with zero attached hydrogens (tertiary/aromatic N) is 1. The molecule has 1 N–H and O–H groups in total. The summed E-state index contributed by atoms with van der Waals surface area (Å²) in [5.74, 6) is 0.779. The van der Waals surface area contributed by atoms with Crippen molar-refractivity contribution in [3.05, 3.63) is 95.1 Å². The molecule has 0 spiro atoms. The third kappa shape index (κ3) is 4.74. The third-order valence-corrected chi connectivity index (χ3v) is 5.50. The van der Waals surface area contributed by atoms with Gasteiger partial charge >= 0.3 is 0 Å². The fraction of sp³-hybridized carbons (Fsp3) is 0.192. The largest absolute Gasteiger partial charge is 0.378 e. The Morgan fingerprint density at radius 2 is 1.60 bits per heavy atom. The van der Waals surface area contributed by atoms with E-state index in [9.17, 15) is 0 Å². The molecule has 1 heterocycles. The molecule has 30 heavy (non-hydrogen) atoms. The van der Waals surface area contributed by atoms with E-state index in [4.69, 9.17) is 16.1 Å². The Hall–Kier alpha value is -3.04. The van der Waals surface area contributed by atoms with Gasteiger partial charge in [0.05, 0.1) is 0 Å². The lowest BCUT2D eigenvalue weighted by molar-refractivity contribution is 0.427. The summed E-state index contributed by atoms with van der Waals surface area (Å²) in [4.78, 5) is 0. The van der Waals surface area contributed by atoms with Gasteiger partial charge in [0, 0.05) is 16.6 Å². The maximum atomic E-state index is 6.10. The van der Waals surface area contributed by atoms with E-state index in [2.05, 4.69) is 72.0 Å². The van der Waals surface area contributed by atoms with Crippen molar-refractivity contribution in [2.75, 3.05) is 5.32 Å². The molecular formula is C26H25ClN2O. The summed E-state index contributed by atoms with van der Waals surface area (Å²) in [6.07, 6.45) is 1.94.